The third kappa shape index (κ3) is 6.87. The maximum Gasteiger partial charge on any atom is 0.225 e. The standard InChI is InChI=1S/C17H26N2O3.ClH/c1-19(17(21)15-7-9-18-10-8-15)11-16(20)13-22-12-14-5-3-2-4-6-14;/h2-6,15-16,18,20H,7-13H2,1H3;1H. The molecule has 1 aromatic rings. The van der Waals surface area contributed by atoms with Gasteiger partial charge in [-0.15, -0.1) is 12.4 Å². The molecule has 1 aliphatic rings. The summed E-state index contributed by atoms with van der Waals surface area (Å²) in [6.07, 6.45) is 1.10. The molecule has 0 spiro atoms. The Balaban J connectivity index is 0.00000264. The first-order chi connectivity index (χ1) is 10.7. The zero-order valence-corrected chi connectivity index (χ0v) is 14.4. The first kappa shape index (κ1) is 19.9. The molecule has 1 aliphatic heterocycles. The second-order valence-corrected chi connectivity index (χ2v) is 5.90. The van der Waals surface area contributed by atoms with Gasteiger partial charge in [0, 0.05) is 19.5 Å². The minimum Gasteiger partial charge on any atom is -0.389 e. The van der Waals surface area contributed by atoms with E-state index in [9.17, 15) is 9.90 Å². The first-order valence-electron chi connectivity index (χ1n) is 7.92. The van der Waals surface area contributed by atoms with Crippen LogP contribution in [0.3, 0.4) is 0 Å². The maximum absolute atomic E-state index is 12.3. The van der Waals surface area contributed by atoms with E-state index in [0.717, 1.165) is 31.5 Å². The average molecular weight is 343 g/mol. The van der Waals surface area contributed by atoms with Crippen LogP contribution in [0, 0.1) is 5.92 Å². The molecule has 0 saturated carbocycles. The Morgan fingerprint density at radius 2 is 2.00 bits per heavy atom. The van der Waals surface area contributed by atoms with Gasteiger partial charge in [-0.25, -0.2) is 0 Å². The number of carbonyl (C=O) groups is 1. The lowest BCUT2D eigenvalue weighted by Gasteiger charge is -2.28. The Hall–Kier alpha value is -1.14. The second-order valence-electron chi connectivity index (χ2n) is 5.90. The van der Waals surface area contributed by atoms with Gasteiger partial charge in [0.05, 0.1) is 19.3 Å². The molecule has 5 nitrogen and oxygen atoms in total. The van der Waals surface area contributed by atoms with Crippen molar-refractivity contribution in [2.45, 2.75) is 25.6 Å². The summed E-state index contributed by atoms with van der Waals surface area (Å²) in [4.78, 5) is 13.9. The van der Waals surface area contributed by atoms with Gasteiger partial charge in [0.25, 0.3) is 0 Å². The van der Waals surface area contributed by atoms with E-state index in [2.05, 4.69) is 5.32 Å². The molecule has 2 rings (SSSR count). The molecule has 0 aliphatic carbocycles. The van der Waals surface area contributed by atoms with Crippen LogP contribution in [0.1, 0.15) is 18.4 Å². The van der Waals surface area contributed by atoms with E-state index in [1.54, 1.807) is 11.9 Å². The summed E-state index contributed by atoms with van der Waals surface area (Å²) >= 11 is 0. The number of amides is 1. The van der Waals surface area contributed by atoms with Crippen LogP contribution in [-0.4, -0.2) is 55.3 Å². The van der Waals surface area contributed by atoms with Crippen molar-refractivity contribution in [2.75, 3.05) is 33.3 Å². The second kappa shape index (κ2) is 10.6. The summed E-state index contributed by atoms with van der Waals surface area (Å²) in [5, 5.41) is 13.3. The summed E-state index contributed by atoms with van der Waals surface area (Å²) in [6, 6.07) is 9.85. The normalized spacial score (nSPS) is 16.4. The van der Waals surface area contributed by atoms with Gasteiger partial charge in [-0.1, -0.05) is 30.3 Å². The highest BCUT2D eigenvalue weighted by atomic mass is 35.5. The number of piperidine rings is 1. The highest BCUT2D eigenvalue weighted by Gasteiger charge is 2.24. The van der Waals surface area contributed by atoms with Gasteiger partial charge < -0.3 is 20.1 Å². The maximum atomic E-state index is 12.3. The van der Waals surface area contributed by atoms with Crippen molar-refractivity contribution in [3.63, 3.8) is 0 Å². The Bertz CT molecular complexity index is 452. The van der Waals surface area contributed by atoms with Crippen LogP contribution in [0.5, 0.6) is 0 Å². The fraction of sp³-hybridized carbons (Fsp3) is 0.588. The molecule has 0 radical (unpaired) electrons. The van der Waals surface area contributed by atoms with Gasteiger partial charge in [0.2, 0.25) is 5.91 Å². The van der Waals surface area contributed by atoms with Crippen molar-refractivity contribution in [1.82, 2.24) is 10.2 Å². The lowest BCUT2D eigenvalue weighted by Crippen LogP contribution is -2.42. The molecule has 23 heavy (non-hydrogen) atoms. The van der Waals surface area contributed by atoms with Crippen LogP contribution < -0.4 is 5.32 Å². The van der Waals surface area contributed by atoms with E-state index < -0.39 is 6.10 Å². The molecule has 6 heteroatoms. The van der Waals surface area contributed by atoms with Crippen LogP contribution in [0.15, 0.2) is 30.3 Å². The molecule has 1 amide bonds. The van der Waals surface area contributed by atoms with E-state index in [1.165, 1.54) is 0 Å². The first-order valence-corrected chi connectivity index (χ1v) is 7.92. The summed E-state index contributed by atoms with van der Waals surface area (Å²) in [5.41, 5.74) is 1.08. The molecule has 0 aromatic heterocycles. The van der Waals surface area contributed by atoms with Crippen LogP contribution in [-0.2, 0) is 16.1 Å². The van der Waals surface area contributed by atoms with Gasteiger partial charge in [-0.05, 0) is 31.5 Å². The van der Waals surface area contributed by atoms with Crippen molar-refractivity contribution in [2.24, 2.45) is 5.92 Å². The number of likely N-dealkylation sites (N-methyl/N-ethyl adjacent to an activating group) is 1. The van der Waals surface area contributed by atoms with Gasteiger partial charge in [0.15, 0.2) is 0 Å². The van der Waals surface area contributed by atoms with E-state index in [0.29, 0.717) is 13.2 Å². The lowest BCUT2D eigenvalue weighted by atomic mass is 9.96. The smallest absolute Gasteiger partial charge is 0.225 e. The van der Waals surface area contributed by atoms with Crippen LogP contribution in [0.4, 0.5) is 0 Å². The van der Waals surface area contributed by atoms with Gasteiger partial charge in [-0.2, -0.15) is 0 Å². The van der Waals surface area contributed by atoms with Gasteiger partial charge >= 0.3 is 0 Å². The summed E-state index contributed by atoms with van der Waals surface area (Å²) in [7, 11) is 1.75. The predicted octanol–water partition coefficient (Wildman–Crippen LogP) is 1.44. The topological polar surface area (TPSA) is 61.8 Å². The number of halogens is 1. The number of hydrogen-bond acceptors (Lipinski definition) is 4. The monoisotopic (exact) mass is 342 g/mol. The number of rotatable bonds is 7. The molecule has 1 fully saturated rings. The van der Waals surface area contributed by atoms with E-state index >= 15 is 0 Å². The lowest BCUT2D eigenvalue weighted by molar-refractivity contribution is -0.136. The Kier molecular flexibility index (Phi) is 9.17. The van der Waals surface area contributed by atoms with Crippen LogP contribution >= 0.6 is 12.4 Å². The number of nitrogens with zero attached hydrogens (tertiary/aromatic N) is 1. The molecule has 1 aromatic carbocycles. The summed E-state index contributed by atoms with van der Waals surface area (Å²) in [6.45, 7) is 2.82. The minimum absolute atomic E-state index is 0. The third-order valence-corrected chi connectivity index (χ3v) is 3.97. The number of carbonyl (C=O) groups excluding carboxylic acids is 1. The number of hydrogen-bond donors (Lipinski definition) is 2. The van der Waals surface area contributed by atoms with Crippen LogP contribution in [0.2, 0.25) is 0 Å². The SMILES string of the molecule is CN(CC(O)COCc1ccccc1)C(=O)C1CCNCC1.Cl. The number of ether oxygens (including phenoxy) is 1. The number of aliphatic hydroxyl groups is 1. The van der Waals surface area contributed by atoms with E-state index in [1.807, 2.05) is 30.3 Å². The Morgan fingerprint density at radius 1 is 1.35 bits per heavy atom. The number of aliphatic hydroxyl groups excluding tert-OH is 1. The van der Waals surface area contributed by atoms with Crippen molar-refractivity contribution in [3.05, 3.63) is 35.9 Å². The predicted molar refractivity (Wildman–Crippen MR) is 92.6 cm³/mol. The number of benzene rings is 1. The van der Waals surface area contributed by atoms with Crippen molar-refractivity contribution in [1.29, 1.82) is 0 Å². The molecular weight excluding hydrogens is 316 g/mol. The fourth-order valence-corrected chi connectivity index (χ4v) is 2.73. The number of nitrogens with one attached hydrogen (secondary N) is 1. The molecule has 1 atom stereocenters. The van der Waals surface area contributed by atoms with Crippen molar-refractivity contribution < 1.29 is 14.6 Å². The minimum atomic E-state index is -0.653. The zero-order chi connectivity index (χ0) is 15.8. The Morgan fingerprint density at radius 3 is 2.65 bits per heavy atom. The molecule has 0 bridgehead atoms. The molecule has 1 heterocycles. The molecule has 1 saturated heterocycles. The zero-order valence-electron chi connectivity index (χ0n) is 13.6. The third-order valence-electron chi connectivity index (χ3n) is 3.97. The van der Waals surface area contributed by atoms with Gasteiger partial charge in [0.1, 0.15) is 0 Å². The van der Waals surface area contributed by atoms with Crippen LogP contribution in [0.25, 0.3) is 0 Å². The summed E-state index contributed by atoms with van der Waals surface area (Å²) in [5.74, 6) is 0.215. The van der Waals surface area contributed by atoms with E-state index in [4.69, 9.17) is 4.74 Å². The fourth-order valence-electron chi connectivity index (χ4n) is 2.73. The van der Waals surface area contributed by atoms with Crippen molar-refractivity contribution in [3.8, 4) is 0 Å². The molecule has 2 N–H and O–H groups in total. The van der Waals surface area contributed by atoms with Gasteiger partial charge in [-0.3, -0.25) is 4.79 Å². The highest BCUT2D eigenvalue weighted by molar-refractivity contribution is 5.85. The average Bonchev–Trinajstić information content (AvgIpc) is 2.56. The molecule has 130 valence electrons. The highest BCUT2D eigenvalue weighted by Crippen LogP contribution is 2.14. The largest absolute Gasteiger partial charge is 0.389 e. The molecular formula is C17H27ClN2O3. The quantitative estimate of drug-likeness (QED) is 0.787. The van der Waals surface area contributed by atoms with Crippen molar-refractivity contribution >= 4 is 18.3 Å². The van der Waals surface area contributed by atoms with E-state index in [-0.39, 0.29) is 30.8 Å². The molecule has 1 unspecified atom stereocenters. The Labute approximate surface area is 144 Å². The summed E-state index contributed by atoms with van der Waals surface area (Å²) < 4.78 is 5.51.